The normalized spacial score (nSPS) is 27.9. The van der Waals surface area contributed by atoms with Crippen LogP contribution in [-0.2, 0) is 0 Å². The molecule has 4 N–H and O–H groups in total. The number of nitrogens with two attached hydrogens (primary N) is 2. The molecule has 0 aliphatic carbocycles. The van der Waals surface area contributed by atoms with Gasteiger partial charge in [-0.1, -0.05) is 0 Å². The lowest BCUT2D eigenvalue weighted by Crippen LogP contribution is -2.43. The third kappa shape index (κ3) is 3.63. The third-order valence-electron chi connectivity index (χ3n) is 2.80. The first-order chi connectivity index (χ1) is 5.88. The van der Waals surface area contributed by atoms with E-state index in [1.165, 1.54) is 13.0 Å². The Kier molecular flexibility index (Phi) is 3.33. The SMILES string of the molecule is CN1CCC(C(N)CC(C)(C)N)C1. The minimum absolute atomic E-state index is 0.124. The van der Waals surface area contributed by atoms with Crippen molar-refractivity contribution in [1.29, 1.82) is 0 Å². The van der Waals surface area contributed by atoms with Crippen LogP contribution in [0.2, 0.25) is 0 Å². The summed E-state index contributed by atoms with van der Waals surface area (Å²) >= 11 is 0. The number of hydrogen-bond acceptors (Lipinski definition) is 3. The molecule has 0 radical (unpaired) electrons. The average Bonchev–Trinajstić information content (AvgIpc) is 2.31. The molecule has 13 heavy (non-hydrogen) atoms. The number of likely N-dealkylation sites (tertiary alicyclic amines) is 1. The van der Waals surface area contributed by atoms with Crippen LogP contribution in [0.3, 0.4) is 0 Å². The Morgan fingerprint density at radius 1 is 1.54 bits per heavy atom. The number of hydrogen-bond donors (Lipinski definition) is 2. The predicted molar refractivity (Wildman–Crippen MR) is 56.5 cm³/mol. The zero-order valence-electron chi connectivity index (χ0n) is 9.09. The quantitative estimate of drug-likeness (QED) is 0.669. The Bertz CT molecular complexity index is 162. The van der Waals surface area contributed by atoms with Gasteiger partial charge in [0.05, 0.1) is 0 Å². The molecule has 3 heteroatoms. The van der Waals surface area contributed by atoms with Gasteiger partial charge in [-0.3, -0.25) is 0 Å². The molecule has 1 heterocycles. The van der Waals surface area contributed by atoms with E-state index in [4.69, 9.17) is 11.5 Å². The van der Waals surface area contributed by atoms with Gasteiger partial charge in [-0.15, -0.1) is 0 Å². The highest BCUT2D eigenvalue weighted by Crippen LogP contribution is 2.21. The molecular weight excluding hydrogens is 162 g/mol. The Balaban J connectivity index is 2.36. The minimum Gasteiger partial charge on any atom is -0.327 e. The summed E-state index contributed by atoms with van der Waals surface area (Å²) in [5.41, 5.74) is 11.9. The van der Waals surface area contributed by atoms with Crippen LogP contribution in [-0.4, -0.2) is 36.6 Å². The summed E-state index contributed by atoms with van der Waals surface area (Å²) in [6, 6.07) is 0.268. The highest BCUT2D eigenvalue weighted by atomic mass is 15.1. The van der Waals surface area contributed by atoms with Crippen molar-refractivity contribution in [3.05, 3.63) is 0 Å². The summed E-state index contributed by atoms with van der Waals surface area (Å²) in [6.07, 6.45) is 2.15. The Hall–Kier alpha value is -0.120. The number of rotatable bonds is 3. The minimum atomic E-state index is -0.124. The molecule has 2 atom stereocenters. The average molecular weight is 185 g/mol. The molecule has 0 bridgehead atoms. The molecule has 1 rings (SSSR count). The number of nitrogens with zero attached hydrogens (tertiary/aromatic N) is 1. The molecule has 1 aliphatic heterocycles. The fourth-order valence-corrected chi connectivity index (χ4v) is 2.09. The monoisotopic (exact) mass is 185 g/mol. The Labute approximate surface area is 81.5 Å². The zero-order valence-corrected chi connectivity index (χ0v) is 9.09. The van der Waals surface area contributed by atoms with Gasteiger partial charge in [0.25, 0.3) is 0 Å². The van der Waals surface area contributed by atoms with Crippen molar-refractivity contribution in [3.8, 4) is 0 Å². The van der Waals surface area contributed by atoms with E-state index in [2.05, 4.69) is 11.9 Å². The zero-order chi connectivity index (χ0) is 10.1. The van der Waals surface area contributed by atoms with Crippen LogP contribution in [0.25, 0.3) is 0 Å². The lowest BCUT2D eigenvalue weighted by molar-refractivity contribution is 0.322. The molecule has 0 aromatic carbocycles. The summed E-state index contributed by atoms with van der Waals surface area (Å²) in [5.74, 6) is 0.646. The van der Waals surface area contributed by atoms with E-state index in [1.54, 1.807) is 0 Å². The van der Waals surface area contributed by atoms with E-state index in [1.807, 2.05) is 13.8 Å². The molecule has 1 saturated heterocycles. The maximum atomic E-state index is 6.12. The van der Waals surface area contributed by atoms with Crippen LogP contribution < -0.4 is 11.5 Å². The van der Waals surface area contributed by atoms with Gasteiger partial charge in [0.15, 0.2) is 0 Å². The van der Waals surface area contributed by atoms with Crippen LogP contribution in [0.4, 0.5) is 0 Å². The van der Waals surface area contributed by atoms with Crippen molar-refractivity contribution in [3.63, 3.8) is 0 Å². The second-order valence-electron chi connectivity index (χ2n) is 5.17. The topological polar surface area (TPSA) is 55.3 Å². The lowest BCUT2D eigenvalue weighted by atomic mass is 9.88. The van der Waals surface area contributed by atoms with Crippen molar-refractivity contribution < 1.29 is 0 Å². The Morgan fingerprint density at radius 2 is 2.15 bits per heavy atom. The fraction of sp³-hybridized carbons (Fsp3) is 1.00. The van der Waals surface area contributed by atoms with Crippen molar-refractivity contribution in [2.45, 2.75) is 38.3 Å². The van der Waals surface area contributed by atoms with Gasteiger partial charge in [0.2, 0.25) is 0 Å². The van der Waals surface area contributed by atoms with Gasteiger partial charge in [-0.2, -0.15) is 0 Å². The molecule has 0 aromatic rings. The van der Waals surface area contributed by atoms with Gasteiger partial charge in [0.1, 0.15) is 0 Å². The first-order valence-corrected chi connectivity index (χ1v) is 5.11. The second-order valence-corrected chi connectivity index (χ2v) is 5.17. The lowest BCUT2D eigenvalue weighted by Gasteiger charge is -2.27. The van der Waals surface area contributed by atoms with Crippen molar-refractivity contribution in [2.75, 3.05) is 20.1 Å². The van der Waals surface area contributed by atoms with Crippen molar-refractivity contribution in [1.82, 2.24) is 4.90 Å². The largest absolute Gasteiger partial charge is 0.327 e. The Morgan fingerprint density at radius 3 is 2.54 bits per heavy atom. The smallest absolute Gasteiger partial charge is 0.0112 e. The van der Waals surface area contributed by atoms with Crippen LogP contribution in [0.15, 0.2) is 0 Å². The molecule has 1 fully saturated rings. The molecular formula is C10H23N3. The van der Waals surface area contributed by atoms with Gasteiger partial charge in [0, 0.05) is 18.1 Å². The van der Waals surface area contributed by atoms with Gasteiger partial charge in [-0.25, -0.2) is 0 Å². The summed E-state index contributed by atoms with van der Waals surface area (Å²) in [7, 11) is 2.15. The van der Waals surface area contributed by atoms with Crippen molar-refractivity contribution in [2.24, 2.45) is 17.4 Å². The summed E-state index contributed by atoms with van der Waals surface area (Å²) in [6.45, 7) is 6.41. The van der Waals surface area contributed by atoms with Gasteiger partial charge in [-0.05, 0) is 46.2 Å². The van der Waals surface area contributed by atoms with Crippen LogP contribution in [0.1, 0.15) is 26.7 Å². The summed E-state index contributed by atoms with van der Waals surface area (Å²) < 4.78 is 0. The highest BCUT2D eigenvalue weighted by molar-refractivity contribution is 4.87. The standard InChI is InChI=1S/C10H23N3/c1-10(2,12)6-9(11)8-4-5-13(3)7-8/h8-9H,4-7,11-12H2,1-3H3. The second kappa shape index (κ2) is 3.95. The van der Waals surface area contributed by atoms with E-state index in [-0.39, 0.29) is 11.6 Å². The van der Waals surface area contributed by atoms with Crippen LogP contribution in [0, 0.1) is 5.92 Å². The molecule has 3 nitrogen and oxygen atoms in total. The molecule has 2 unspecified atom stereocenters. The van der Waals surface area contributed by atoms with E-state index in [9.17, 15) is 0 Å². The van der Waals surface area contributed by atoms with Crippen LogP contribution in [0.5, 0.6) is 0 Å². The van der Waals surface area contributed by atoms with Crippen molar-refractivity contribution >= 4 is 0 Å². The van der Waals surface area contributed by atoms with E-state index >= 15 is 0 Å². The summed E-state index contributed by atoms with van der Waals surface area (Å²) in [4.78, 5) is 2.34. The molecule has 0 spiro atoms. The molecule has 78 valence electrons. The van der Waals surface area contributed by atoms with E-state index in [0.29, 0.717) is 5.92 Å². The first-order valence-electron chi connectivity index (χ1n) is 5.11. The predicted octanol–water partition coefficient (Wildman–Crippen LogP) is 0.393. The van der Waals surface area contributed by atoms with E-state index in [0.717, 1.165) is 13.0 Å². The maximum absolute atomic E-state index is 6.12. The molecule has 1 aliphatic rings. The van der Waals surface area contributed by atoms with E-state index < -0.39 is 0 Å². The fourth-order valence-electron chi connectivity index (χ4n) is 2.09. The summed E-state index contributed by atoms with van der Waals surface area (Å²) in [5, 5.41) is 0. The van der Waals surface area contributed by atoms with Gasteiger partial charge >= 0.3 is 0 Å². The third-order valence-corrected chi connectivity index (χ3v) is 2.80. The highest BCUT2D eigenvalue weighted by Gasteiger charge is 2.28. The molecule has 0 amide bonds. The van der Waals surface area contributed by atoms with Gasteiger partial charge < -0.3 is 16.4 Å². The molecule has 0 saturated carbocycles. The molecule has 0 aromatic heterocycles. The first kappa shape index (κ1) is 11.0. The maximum Gasteiger partial charge on any atom is 0.0112 e. The van der Waals surface area contributed by atoms with Crippen LogP contribution >= 0.6 is 0 Å².